The highest BCUT2D eigenvalue weighted by Crippen LogP contribution is 2.42. The molecule has 2 aliphatic rings. The van der Waals surface area contributed by atoms with Gasteiger partial charge in [0.2, 0.25) is 0 Å². The van der Waals surface area contributed by atoms with Crippen molar-refractivity contribution < 1.29 is 19.0 Å². The normalized spacial score (nSPS) is 21.7. The van der Waals surface area contributed by atoms with E-state index in [4.69, 9.17) is 24.5 Å². The van der Waals surface area contributed by atoms with Gasteiger partial charge < -0.3 is 19.5 Å². The van der Waals surface area contributed by atoms with Gasteiger partial charge >= 0.3 is 0 Å². The van der Waals surface area contributed by atoms with E-state index in [0.29, 0.717) is 53.9 Å². The first-order valence-electron chi connectivity index (χ1n) is 14.9. The maximum Gasteiger partial charge on any atom is 0.190 e. The van der Waals surface area contributed by atoms with E-state index in [9.17, 15) is 5.11 Å². The molecule has 12 heteroatoms. The molecule has 2 saturated heterocycles. The van der Waals surface area contributed by atoms with Crippen LogP contribution in [0.4, 0.5) is 10.2 Å². The maximum absolute atomic E-state index is 17.3. The van der Waals surface area contributed by atoms with E-state index in [1.165, 1.54) is 11.8 Å². The van der Waals surface area contributed by atoms with Crippen LogP contribution in [0.3, 0.4) is 0 Å². The Labute approximate surface area is 253 Å². The van der Waals surface area contributed by atoms with Crippen molar-refractivity contribution in [2.45, 2.75) is 63.9 Å². The Morgan fingerprint density at radius 2 is 2.02 bits per heavy atom. The first-order valence-corrected chi connectivity index (χ1v) is 15.9. The van der Waals surface area contributed by atoms with Gasteiger partial charge in [-0.15, -0.1) is 0 Å². The summed E-state index contributed by atoms with van der Waals surface area (Å²) in [6.07, 6.45) is 6.36. The van der Waals surface area contributed by atoms with Crippen LogP contribution in [0, 0.1) is 19.7 Å². The average Bonchev–Trinajstić information content (AvgIpc) is 3.60. The van der Waals surface area contributed by atoms with Gasteiger partial charge in [-0.25, -0.2) is 23.6 Å². The molecule has 1 N–H and O–H groups in total. The fraction of sp³-hybridized carbons (Fsp3) is 0.484. The number of hydrogen-bond donors (Lipinski definition) is 1. The lowest BCUT2D eigenvalue weighted by atomic mass is 9.95. The molecule has 6 heterocycles. The topological polar surface area (TPSA) is 103 Å². The fourth-order valence-corrected chi connectivity index (χ4v) is 6.96. The molecule has 0 amide bonds. The molecule has 1 aromatic carbocycles. The Morgan fingerprint density at radius 1 is 1.16 bits per heavy atom. The van der Waals surface area contributed by atoms with E-state index in [1.54, 1.807) is 17.6 Å². The highest BCUT2D eigenvalue weighted by Gasteiger charge is 2.32. The zero-order valence-corrected chi connectivity index (χ0v) is 25.7. The minimum absolute atomic E-state index is 0.147. The number of nitrogens with zero attached hydrogens (tertiary/aromatic N) is 7. The second kappa shape index (κ2) is 11.0. The molecule has 0 radical (unpaired) electrons. The van der Waals surface area contributed by atoms with Crippen LogP contribution in [0.2, 0.25) is 0 Å². The number of aromatic nitrogens is 6. The van der Waals surface area contributed by atoms with Crippen LogP contribution >= 0.6 is 11.8 Å². The van der Waals surface area contributed by atoms with Gasteiger partial charge in [0, 0.05) is 24.1 Å². The van der Waals surface area contributed by atoms with Gasteiger partial charge in [0.15, 0.2) is 17.2 Å². The summed E-state index contributed by atoms with van der Waals surface area (Å²) < 4.78 is 32.6. The monoisotopic (exact) mass is 605 g/mol. The van der Waals surface area contributed by atoms with Gasteiger partial charge in [-0.05, 0) is 69.0 Å². The highest BCUT2D eigenvalue weighted by atomic mass is 32.2. The number of halogens is 1. The van der Waals surface area contributed by atoms with Crippen LogP contribution in [-0.2, 0) is 9.47 Å². The fourth-order valence-electron chi connectivity index (χ4n) is 6.39. The lowest BCUT2D eigenvalue weighted by Crippen LogP contribution is -2.42. The van der Waals surface area contributed by atoms with Gasteiger partial charge in [-0.3, -0.25) is 0 Å². The molecule has 2 fully saturated rings. The third-order valence-electron chi connectivity index (χ3n) is 8.51. The zero-order valence-electron chi connectivity index (χ0n) is 24.9. The van der Waals surface area contributed by atoms with Crippen molar-refractivity contribution in [2.24, 2.45) is 0 Å². The Bertz CT molecular complexity index is 1850. The summed E-state index contributed by atoms with van der Waals surface area (Å²) in [6.45, 7) is 9.95. The molecule has 43 heavy (non-hydrogen) atoms. The maximum atomic E-state index is 17.3. The lowest BCUT2D eigenvalue weighted by molar-refractivity contribution is -0.0366. The molecule has 4 aromatic heterocycles. The third-order valence-corrected chi connectivity index (χ3v) is 9.24. The average molecular weight is 606 g/mol. The van der Waals surface area contributed by atoms with E-state index in [0.717, 1.165) is 52.6 Å². The van der Waals surface area contributed by atoms with Crippen LogP contribution in [0.1, 0.15) is 50.5 Å². The molecule has 0 bridgehead atoms. The molecular weight excluding hydrogens is 569 g/mol. The third kappa shape index (κ3) is 4.84. The van der Waals surface area contributed by atoms with Crippen molar-refractivity contribution in [1.82, 2.24) is 29.4 Å². The number of aliphatic hydroxyl groups is 1. The number of thioether (sulfide) groups is 1. The second-order valence-electron chi connectivity index (χ2n) is 11.8. The lowest BCUT2D eigenvalue weighted by Gasteiger charge is -2.29. The number of anilines is 1. The van der Waals surface area contributed by atoms with Crippen molar-refractivity contribution in [3.05, 3.63) is 41.5 Å². The van der Waals surface area contributed by atoms with Gasteiger partial charge in [0.25, 0.3) is 0 Å². The molecule has 0 spiro atoms. The molecule has 226 valence electrons. The molecular formula is C31H36FN7O3S. The van der Waals surface area contributed by atoms with E-state index in [-0.39, 0.29) is 18.4 Å². The molecule has 10 nitrogen and oxygen atoms in total. The number of hydrogen-bond acceptors (Lipinski definition) is 9. The Hall–Kier alpha value is -3.32. The second-order valence-corrected chi connectivity index (χ2v) is 13.0. The van der Waals surface area contributed by atoms with Gasteiger partial charge in [0.1, 0.15) is 22.6 Å². The number of pyridine rings is 1. The van der Waals surface area contributed by atoms with E-state index in [1.807, 2.05) is 42.6 Å². The summed E-state index contributed by atoms with van der Waals surface area (Å²) in [5.41, 5.74) is 3.78. The molecule has 2 unspecified atom stereocenters. The van der Waals surface area contributed by atoms with E-state index >= 15 is 4.39 Å². The van der Waals surface area contributed by atoms with E-state index < -0.39 is 11.4 Å². The number of fused-ring (bicyclic) bond motifs is 4. The summed E-state index contributed by atoms with van der Waals surface area (Å²) in [4.78, 5) is 11.7. The summed E-state index contributed by atoms with van der Waals surface area (Å²) >= 11 is 1.46. The Morgan fingerprint density at radius 3 is 2.81 bits per heavy atom. The van der Waals surface area contributed by atoms with Crippen LogP contribution < -0.4 is 4.90 Å². The van der Waals surface area contributed by atoms with Crippen LogP contribution in [0.25, 0.3) is 38.6 Å². The summed E-state index contributed by atoms with van der Waals surface area (Å²) in [6, 6.07) is 3.99. The number of benzene rings is 1. The predicted molar refractivity (Wildman–Crippen MR) is 165 cm³/mol. The molecule has 2 aliphatic heterocycles. The van der Waals surface area contributed by atoms with Gasteiger partial charge in [-0.2, -0.15) is 10.2 Å². The van der Waals surface area contributed by atoms with Crippen LogP contribution in [0.5, 0.6) is 0 Å². The largest absolute Gasteiger partial charge is 0.386 e. The first-order chi connectivity index (χ1) is 20.8. The highest BCUT2D eigenvalue weighted by molar-refractivity contribution is 7.99. The molecule has 0 saturated carbocycles. The minimum atomic E-state index is -1.09. The first kappa shape index (κ1) is 28.5. The molecule has 7 rings (SSSR count). The zero-order chi connectivity index (χ0) is 29.9. The number of β-amino-alcohol motifs (C(OH)–C–C–N with tert-alkyl or cyclic N) is 1. The summed E-state index contributed by atoms with van der Waals surface area (Å²) in [5.74, 6) is 0.827. The SMILES string of the molecule is CCSc1nc(N2CCOCC(C)(O)C2)c2c(n1)c(F)c(-c1c(C)c(C)cc3c1cnn3C1CCCCO1)n1nccc21. The Kier molecular flexibility index (Phi) is 7.27. The molecule has 0 aliphatic carbocycles. The number of rotatable bonds is 5. The van der Waals surface area contributed by atoms with Crippen molar-refractivity contribution in [2.75, 3.05) is 43.6 Å². The smallest absolute Gasteiger partial charge is 0.190 e. The Balaban J connectivity index is 1.52. The molecule has 5 aromatic rings. The van der Waals surface area contributed by atoms with Crippen LogP contribution in [-0.4, -0.2) is 78.7 Å². The van der Waals surface area contributed by atoms with Crippen molar-refractivity contribution >= 4 is 44.9 Å². The summed E-state index contributed by atoms with van der Waals surface area (Å²) in [7, 11) is 0. The number of aryl methyl sites for hydroxylation is 1. The standard InChI is InChI=1S/C31H36FN7O3S/c1-5-43-30-35-27-25(29(36-30)37-11-13-41-17-31(4,40)16-37)21-9-10-33-39(21)28(26(27)32)24-19(3)18(2)14-22-20(24)15-34-38(22)23-8-6-7-12-42-23/h9-10,14-15,23,40H,5-8,11-13,16-17H2,1-4H3. The van der Waals surface area contributed by atoms with E-state index in [2.05, 4.69) is 11.2 Å². The van der Waals surface area contributed by atoms with Crippen LogP contribution in [0.15, 0.2) is 29.7 Å². The summed E-state index contributed by atoms with van der Waals surface area (Å²) in [5, 5.41) is 22.3. The number of ether oxygens (including phenoxy) is 2. The van der Waals surface area contributed by atoms with Crippen molar-refractivity contribution in [3.8, 4) is 11.3 Å². The van der Waals surface area contributed by atoms with Gasteiger partial charge in [-0.1, -0.05) is 18.7 Å². The predicted octanol–water partition coefficient (Wildman–Crippen LogP) is 5.45. The quantitative estimate of drug-likeness (QED) is 0.207. The minimum Gasteiger partial charge on any atom is -0.386 e. The van der Waals surface area contributed by atoms with Crippen molar-refractivity contribution in [3.63, 3.8) is 0 Å². The van der Waals surface area contributed by atoms with Gasteiger partial charge in [0.05, 0.1) is 48.6 Å². The molecule has 2 atom stereocenters. The van der Waals surface area contributed by atoms with Crippen molar-refractivity contribution in [1.29, 1.82) is 0 Å².